The molecule has 0 atom stereocenters. The van der Waals surface area contributed by atoms with Gasteiger partial charge in [-0.2, -0.15) is 0 Å². The fourth-order valence-corrected chi connectivity index (χ4v) is 1.04. The Balaban J connectivity index is 0. The van der Waals surface area contributed by atoms with E-state index in [-0.39, 0.29) is 1.43 Å². The van der Waals surface area contributed by atoms with Gasteiger partial charge < -0.3 is 5.73 Å². The highest BCUT2D eigenvalue weighted by Crippen LogP contribution is 2.19. The highest BCUT2D eigenvalue weighted by molar-refractivity contribution is 5.47. The summed E-state index contributed by atoms with van der Waals surface area (Å²) in [7, 11) is 0. The lowest BCUT2D eigenvalue weighted by atomic mass is 10.0. The van der Waals surface area contributed by atoms with E-state index in [1.54, 1.807) is 0 Å². The first-order valence-electron chi connectivity index (χ1n) is 4.56. The van der Waals surface area contributed by atoms with Gasteiger partial charge in [0, 0.05) is 7.11 Å². The molecule has 0 radical (unpaired) electrons. The van der Waals surface area contributed by atoms with Crippen LogP contribution in [0.2, 0.25) is 0 Å². The molecular formula is C11H21N. The molecule has 0 aromatic heterocycles. The molecule has 0 fully saturated rings. The van der Waals surface area contributed by atoms with Gasteiger partial charge in [-0.15, -0.1) is 0 Å². The standard InChI is InChI=1S/C9H13N.C2H6.H2/c1-7(2)8-5-3-4-6-9(8)10;1-2;/h3-7H,10H2,1-2H3;1-2H3;1H. The zero-order valence-electron chi connectivity index (χ0n) is 8.46. The third kappa shape index (κ3) is 2.95. The minimum Gasteiger partial charge on any atom is -0.398 e. The molecule has 1 heteroatoms. The van der Waals surface area contributed by atoms with E-state index in [4.69, 9.17) is 5.73 Å². The number of para-hydroxylation sites is 1. The van der Waals surface area contributed by atoms with Crippen molar-refractivity contribution >= 4 is 5.69 Å². The van der Waals surface area contributed by atoms with Crippen LogP contribution in [0.3, 0.4) is 0 Å². The summed E-state index contributed by atoms with van der Waals surface area (Å²) in [5.74, 6) is 0.529. The second-order valence-corrected chi connectivity index (χ2v) is 2.78. The second-order valence-electron chi connectivity index (χ2n) is 2.78. The lowest BCUT2D eigenvalue weighted by Crippen LogP contribution is -1.94. The molecule has 0 amide bonds. The molecule has 0 saturated heterocycles. The van der Waals surface area contributed by atoms with Gasteiger partial charge in [0.1, 0.15) is 0 Å². The summed E-state index contributed by atoms with van der Waals surface area (Å²) in [5.41, 5.74) is 7.86. The minimum absolute atomic E-state index is 0. The molecule has 0 heterocycles. The Bertz CT molecular complexity index is 221. The fraction of sp³-hybridized carbons (Fsp3) is 0.455. The third-order valence-corrected chi connectivity index (χ3v) is 1.62. The molecular weight excluding hydrogens is 146 g/mol. The number of nitrogens with two attached hydrogens (primary N) is 1. The van der Waals surface area contributed by atoms with Crippen molar-refractivity contribution in [1.29, 1.82) is 0 Å². The Labute approximate surface area is 77.1 Å². The van der Waals surface area contributed by atoms with Crippen LogP contribution in [-0.2, 0) is 0 Å². The molecule has 1 nitrogen and oxygen atoms in total. The molecule has 0 saturated carbocycles. The van der Waals surface area contributed by atoms with Gasteiger partial charge in [0.15, 0.2) is 0 Å². The van der Waals surface area contributed by atoms with Crippen molar-refractivity contribution in [3.63, 3.8) is 0 Å². The Morgan fingerprint density at radius 1 is 1.17 bits per heavy atom. The second kappa shape index (κ2) is 5.64. The molecule has 70 valence electrons. The highest BCUT2D eigenvalue weighted by atomic mass is 14.6. The molecule has 0 aliphatic carbocycles. The zero-order chi connectivity index (χ0) is 9.56. The van der Waals surface area contributed by atoms with Crippen molar-refractivity contribution in [1.82, 2.24) is 0 Å². The van der Waals surface area contributed by atoms with Gasteiger partial charge in [-0.05, 0) is 17.5 Å². The average molecular weight is 167 g/mol. The number of benzene rings is 1. The Kier molecular flexibility index (Phi) is 5.18. The molecule has 0 spiro atoms. The van der Waals surface area contributed by atoms with Crippen molar-refractivity contribution in [2.24, 2.45) is 0 Å². The first kappa shape index (κ1) is 11.0. The number of rotatable bonds is 1. The largest absolute Gasteiger partial charge is 0.398 e. The minimum atomic E-state index is 0. The van der Waals surface area contributed by atoms with Crippen molar-refractivity contribution in [2.75, 3.05) is 5.73 Å². The maximum Gasteiger partial charge on any atom is 0.0349 e. The van der Waals surface area contributed by atoms with E-state index in [0.717, 1.165) is 5.69 Å². The molecule has 12 heavy (non-hydrogen) atoms. The highest BCUT2D eigenvalue weighted by Gasteiger charge is 2.00. The quantitative estimate of drug-likeness (QED) is 0.635. The summed E-state index contributed by atoms with van der Waals surface area (Å²) >= 11 is 0. The maximum absolute atomic E-state index is 5.72. The van der Waals surface area contributed by atoms with Crippen molar-refractivity contribution < 1.29 is 1.43 Å². The molecule has 1 rings (SSSR count). The van der Waals surface area contributed by atoms with Gasteiger partial charge in [0.05, 0.1) is 0 Å². The topological polar surface area (TPSA) is 26.0 Å². The zero-order valence-corrected chi connectivity index (χ0v) is 8.46. The number of nitrogen functional groups attached to an aromatic ring is 1. The van der Waals surface area contributed by atoms with Crippen molar-refractivity contribution in [3.8, 4) is 0 Å². The number of hydrogen-bond acceptors (Lipinski definition) is 1. The predicted molar refractivity (Wildman–Crippen MR) is 58.4 cm³/mol. The first-order chi connectivity index (χ1) is 5.72. The van der Waals surface area contributed by atoms with Crippen LogP contribution < -0.4 is 5.73 Å². The summed E-state index contributed by atoms with van der Waals surface area (Å²) in [6, 6.07) is 7.99. The number of anilines is 1. The Morgan fingerprint density at radius 3 is 2.00 bits per heavy atom. The van der Waals surface area contributed by atoms with Crippen LogP contribution in [0.25, 0.3) is 0 Å². The average Bonchev–Trinajstić information content (AvgIpc) is 2.08. The van der Waals surface area contributed by atoms with Crippen LogP contribution in [0.15, 0.2) is 24.3 Å². The van der Waals surface area contributed by atoms with Gasteiger partial charge in [-0.1, -0.05) is 45.9 Å². The van der Waals surface area contributed by atoms with E-state index in [1.807, 2.05) is 32.0 Å². The van der Waals surface area contributed by atoms with Crippen molar-refractivity contribution in [2.45, 2.75) is 33.6 Å². The van der Waals surface area contributed by atoms with Gasteiger partial charge >= 0.3 is 0 Å². The van der Waals surface area contributed by atoms with Gasteiger partial charge in [0.25, 0.3) is 0 Å². The maximum atomic E-state index is 5.72. The van der Waals surface area contributed by atoms with E-state index >= 15 is 0 Å². The van der Waals surface area contributed by atoms with E-state index in [0.29, 0.717) is 5.92 Å². The SMILES string of the molecule is CC.CC(C)c1ccccc1N.[HH]. The van der Waals surface area contributed by atoms with Gasteiger partial charge in [0.2, 0.25) is 0 Å². The summed E-state index contributed by atoms with van der Waals surface area (Å²) in [4.78, 5) is 0. The normalized spacial score (nSPS) is 9.08. The van der Waals surface area contributed by atoms with Crippen LogP contribution in [0.5, 0.6) is 0 Å². The van der Waals surface area contributed by atoms with Crippen LogP contribution in [0.4, 0.5) is 5.69 Å². The summed E-state index contributed by atoms with van der Waals surface area (Å²) in [5, 5.41) is 0. The summed E-state index contributed by atoms with van der Waals surface area (Å²) in [6.45, 7) is 8.29. The summed E-state index contributed by atoms with van der Waals surface area (Å²) < 4.78 is 0. The van der Waals surface area contributed by atoms with E-state index in [2.05, 4.69) is 19.9 Å². The van der Waals surface area contributed by atoms with E-state index < -0.39 is 0 Å². The fourth-order valence-electron chi connectivity index (χ4n) is 1.04. The molecule has 2 N–H and O–H groups in total. The van der Waals surface area contributed by atoms with Crippen LogP contribution in [0.1, 0.15) is 40.6 Å². The lowest BCUT2D eigenvalue weighted by Gasteiger charge is -2.07. The molecule has 0 bridgehead atoms. The molecule has 0 aliphatic rings. The van der Waals surface area contributed by atoms with Crippen LogP contribution in [-0.4, -0.2) is 0 Å². The Morgan fingerprint density at radius 2 is 1.67 bits per heavy atom. The lowest BCUT2D eigenvalue weighted by molar-refractivity contribution is 0.870. The molecule has 1 aromatic rings. The summed E-state index contributed by atoms with van der Waals surface area (Å²) in [6.07, 6.45) is 0. The smallest absolute Gasteiger partial charge is 0.0349 e. The predicted octanol–water partition coefficient (Wildman–Crippen LogP) is 3.66. The number of hydrogen-bond donors (Lipinski definition) is 1. The molecule has 0 aliphatic heterocycles. The van der Waals surface area contributed by atoms with Crippen LogP contribution >= 0.6 is 0 Å². The van der Waals surface area contributed by atoms with E-state index in [1.165, 1.54) is 5.56 Å². The first-order valence-corrected chi connectivity index (χ1v) is 4.56. The van der Waals surface area contributed by atoms with Gasteiger partial charge in [-0.25, -0.2) is 0 Å². The molecule has 1 aromatic carbocycles. The monoisotopic (exact) mass is 167 g/mol. The molecule has 0 unspecified atom stereocenters. The van der Waals surface area contributed by atoms with E-state index in [9.17, 15) is 0 Å². The third-order valence-electron chi connectivity index (χ3n) is 1.62. The van der Waals surface area contributed by atoms with Crippen LogP contribution in [0, 0.1) is 0 Å². The van der Waals surface area contributed by atoms with Gasteiger partial charge in [-0.3, -0.25) is 0 Å². The Hall–Kier alpha value is -0.980. The van der Waals surface area contributed by atoms with Crippen molar-refractivity contribution in [3.05, 3.63) is 29.8 Å².